The van der Waals surface area contributed by atoms with Crippen LogP contribution in [0.3, 0.4) is 0 Å². The molecule has 3 aromatic heterocycles. The van der Waals surface area contributed by atoms with Crippen LogP contribution in [-0.2, 0) is 0 Å². The number of aromatic amines is 1. The predicted molar refractivity (Wildman–Crippen MR) is 113 cm³/mol. The number of aromatic nitrogens is 5. The molecular weight excluding hydrogens is 378 g/mol. The average molecular weight is 403 g/mol. The third kappa shape index (κ3) is 3.32. The first-order chi connectivity index (χ1) is 14.5. The molecule has 2 aliphatic heterocycles. The van der Waals surface area contributed by atoms with E-state index in [2.05, 4.69) is 30.0 Å². The van der Waals surface area contributed by atoms with E-state index in [-0.39, 0.29) is 5.91 Å². The molecule has 2 unspecified atom stereocenters. The summed E-state index contributed by atoms with van der Waals surface area (Å²) >= 11 is 0. The highest BCUT2D eigenvalue weighted by Gasteiger charge is 2.43. The normalized spacial score (nSPS) is 20.6. The molecule has 0 aromatic carbocycles. The van der Waals surface area contributed by atoms with Gasteiger partial charge in [-0.25, -0.2) is 9.97 Å². The van der Waals surface area contributed by atoms with Crippen LogP contribution in [0.2, 0.25) is 0 Å². The van der Waals surface area contributed by atoms with Gasteiger partial charge in [-0.05, 0) is 45.0 Å². The lowest BCUT2D eigenvalue weighted by Gasteiger charge is -2.22. The number of carbonyl (C=O) groups is 1. The predicted octanol–water partition coefficient (Wildman–Crippen LogP) is 2.40. The highest BCUT2D eigenvalue weighted by Crippen LogP contribution is 2.34. The van der Waals surface area contributed by atoms with Crippen molar-refractivity contribution in [2.24, 2.45) is 11.8 Å². The van der Waals surface area contributed by atoms with Crippen molar-refractivity contribution in [3.63, 3.8) is 0 Å². The molecule has 2 saturated heterocycles. The van der Waals surface area contributed by atoms with E-state index < -0.39 is 0 Å². The van der Waals surface area contributed by atoms with Crippen molar-refractivity contribution in [2.45, 2.75) is 20.8 Å². The van der Waals surface area contributed by atoms with Crippen molar-refractivity contribution < 1.29 is 4.79 Å². The van der Waals surface area contributed by atoms with Crippen molar-refractivity contribution >= 4 is 11.9 Å². The highest BCUT2D eigenvalue weighted by atomic mass is 16.2. The SMILES string of the molecule is Cc1cc(C)nc(N2CC3CN(C(=O)c4ncccc4-c4cc(C)[nH]n4)CC3C2)n1. The quantitative estimate of drug-likeness (QED) is 0.722. The topological polar surface area (TPSA) is 90.9 Å². The number of nitrogens with zero attached hydrogens (tertiary/aromatic N) is 6. The van der Waals surface area contributed by atoms with Gasteiger partial charge in [-0.1, -0.05) is 0 Å². The summed E-state index contributed by atoms with van der Waals surface area (Å²) in [5.74, 6) is 1.65. The molecule has 2 atom stereocenters. The number of rotatable bonds is 3. The molecule has 0 bridgehead atoms. The fourth-order valence-electron chi connectivity index (χ4n) is 4.66. The van der Waals surface area contributed by atoms with Gasteiger partial charge < -0.3 is 9.80 Å². The molecule has 154 valence electrons. The largest absolute Gasteiger partial charge is 0.340 e. The zero-order valence-corrected chi connectivity index (χ0v) is 17.5. The molecule has 30 heavy (non-hydrogen) atoms. The van der Waals surface area contributed by atoms with Crippen LogP contribution >= 0.6 is 0 Å². The van der Waals surface area contributed by atoms with Gasteiger partial charge in [0.2, 0.25) is 5.95 Å². The van der Waals surface area contributed by atoms with Crippen molar-refractivity contribution in [2.75, 3.05) is 31.1 Å². The number of carbonyl (C=O) groups excluding carboxylic acids is 1. The van der Waals surface area contributed by atoms with Crippen molar-refractivity contribution in [3.05, 3.63) is 53.2 Å². The lowest BCUT2D eigenvalue weighted by Crippen LogP contribution is -2.34. The van der Waals surface area contributed by atoms with E-state index in [4.69, 9.17) is 0 Å². The van der Waals surface area contributed by atoms with Crippen LogP contribution in [0.25, 0.3) is 11.3 Å². The van der Waals surface area contributed by atoms with E-state index >= 15 is 0 Å². The van der Waals surface area contributed by atoms with Gasteiger partial charge in [-0.15, -0.1) is 0 Å². The van der Waals surface area contributed by atoms with Gasteiger partial charge in [-0.2, -0.15) is 5.10 Å². The molecule has 5 rings (SSSR count). The molecular formula is C22H25N7O. The Balaban J connectivity index is 1.32. The number of pyridine rings is 1. The van der Waals surface area contributed by atoms with Crippen LogP contribution < -0.4 is 4.90 Å². The van der Waals surface area contributed by atoms with Gasteiger partial charge in [0.25, 0.3) is 5.91 Å². The summed E-state index contributed by atoms with van der Waals surface area (Å²) in [7, 11) is 0. The molecule has 0 aliphatic carbocycles. The van der Waals surface area contributed by atoms with E-state index in [0.29, 0.717) is 17.5 Å². The van der Waals surface area contributed by atoms with Crippen LogP contribution in [0, 0.1) is 32.6 Å². The molecule has 8 heteroatoms. The fraction of sp³-hybridized carbons (Fsp3) is 0.409. The second kappa shape index (κ2) is 7.19. The first-order valence-corrected chi connectivity index (χ1v) is 10.3. The zero-order chi connectivity index (χ0) is 20.8. The van der Waals surface area contributed by atoms with Crippen LogP contribution in [0.5, 0.6) is 0 Å². The standard InChI is InChI=1S/C22H25N7O/c1-13-7-14(2)25-22(24-13)29-11-16-9-28(10-17(16)12-29)21(30)20-18(5-4-6-23-20)19-8-15(3)26-27-19/h4-8,16-17H,9-12H2,1-3H3,(H,26,27). The summed E-state index contributed by atoms with van der Waals surface area (Å²) in [6, 6.07) is 7.68. The molecule has 0 spiro atoms. The first-order valence-electron chi connectivity index (χ1n) is 10.3. The Morgan fingerprint density at radius 1 is 1.03 bits per heavy atom. The molecule has 2 fully saturated rings. The molecule has 1 N–H and O–H groups in total. The molecule has 8 nitrogen and oxygen atoms in total. The van der Waals surface area contributed by atoms with Crippen molar-refractivity contribution in [3.8, 4) is 11.3 Å². The van der Waals surface area contributed by atoms with Crippen molar-refractivity contribution in [1.82, 2.24) is 30.0 Å². The van der Waals surface area contributed by atoms with Gasteiger partial charge in [0.15, 0.2) is 0 Å². The van der Waals surface area contributed by atoms with E-state index in [0.717, 1.165) is 60.5 Å². The minimum absolute atomic E-state index is 0.0187. The number of nitrogens with one attached hydrogen (secondary N) is 1. The minimum Gasteiger partial charge on any atom is -0.340 e. The summed E-state index contributed by atoms with van der Waals surface area (Å²) in [5, 5.41) is 7.26. The average Bonchev–Trinajstić information content (AvgIpc) is 3.41. The summed E-state index contributed by atoms with van der Waals surface area (Å²) in [6.45, 7) is 9.18. The maximum Gasteiger partial charge on any atom is 0.273 e. The van der Waals surface area contributed by atoms with Crippen LogP contribution in [0.4, 0.5) is 5.95 Å². The van der Waals surface area contributed by atoms with Gasteiger partial charge in [0.1, 0.15) is 5.69 Å². The third-order valence-electron chi connectivity index (χ3n) is 6.02. The maximum atomic E-state index is 13.3. The van der Waals surface area contributed by atoms with Gasteiger partial charge in [-0.3, -0.25) is 14.9 Å². The van der Waals surface area contributed by atoms with Gasteiger partial charge >= 0.3 is 0 Å². The lowest BCUT2D eigenvalue weighted by molar-refractivity contribution is 0.0777. The molecule has 0 radical (unpaired) electrons. The minimum atomic E-state index is -0.0187. The molecule has 2 aliphatic rings. The van der Waals surface area contributed by atoms with E-state index in [1.165, 1.54) is 0 Å². The Morgan fingerprint density at radius 2 is 1.73 bits per heavy atom. The number of anilines is 1. The smallest absolute Gasteiger partial charge is 0.273 e. The van der Waals surface area contributed by atoms with Gasteiger partial charge in [0.05, 0.1) is 5.69 Å². The Bertz CT molecular complexity index is 1070. The molecule has 3 aromatic rings. The van der Waals surface area contributed by atoms with E-state index in [1.807, 2.05) is 49.9 Å². The monoisotopic (exact) mass is 403 g/mol. The van der Waals surface area contributed by atoms with Crippen LogP contribution in [0.15, 0.2) is 30.5 Å². The number of H-pyrrole nitrogens is 1. The highest BCUT2D eigenvalue weighted by molar-refractivity contribution is 5.98. The molecule has 0 saturated carbocycles. The number of aryl methyl sites for hydroxylation is 3. The third-order valence-corrected chi connectivity index (χ3v) is 6.02. The Kier molecular flexibility index (Phi) is 4.49. The zero-order valence-electron chi connectivity index (χ0n) is 17.5. The number of likely N-dealkylation sites (tertiary alicyclic amines) is 1. The summed E-state index contributed by atoms with van der Waals surface area (Å²) in [5.41, 5.74) is 4.93. The van der Waals surface area contributed by atoms with Crippen LogP contribution in [0.1, 0.15) is 27.6 Å². The molecule has 1 amide bonds. The Morgan fingerprint density at radius 3 is 2.37 bits per heavy atom. The lowest BCUT2D eigenvalue weighted by atomic mass is 10.0. The van der Waals surface area contributed by atoms with Gasteiger partial charge in [0, 0.05) is 66.9 Å². The number of amides is 1. The first kappa shape index (κ1) is 18.7. The number of hydrogen-bond donors (Lipinski definition) is 1. The van der Waals surface area contributed by atoms with Crippen LogP contribution in [-0.4, -0.2) is 62.1 Å². The maximum absolute atomic E-state index is 13.3. The number of hydrogen-bond acceptors (Lipinski definition) is 6. The summed E-state index contributed by atoms with van der Waals surface area (Å²) < 4.78 is 0. The summed E-state index contributed by atoms with van der Waals surface area (Å²) in [4.78, 5) is 31.1. The second-order valence-corrected chi connectivity index (χ2v) is 8.42. The fourth-order valence-corrected chi connectivity index (χ4v) is 4.66. The van der Waals surface area contributed by atoms with E-state index in [9.17, 15) is 4.79 Å². The van der Waals surface area contributed by atoms with Crippen molar-refractivity contribution in [1.29, 1.82) is 0 Å². The number of fused-ring (bicyclic) bond motifs is 1. The Labute approximate surface area is 175 Å². The second-order valence-electron chi connectivity index (χ2n) is 8.42. The Hall–Kier alpha value is -3.29. The molecule has 5 heterocycles. The summed E-state index contributed by atoms with van der Waals surface area (Å²) in [6.07, 6.45) is 1.67. The van der Waals surface area contributed by atoms with E-state index in [1.54, 1.807) is 6.20 Å².